The number of hydrogen-bond acceptors (Lipinski definition) is 3. The summed E-state index contributed by atoms with van der Waals surface area (Å²) < 4.78 is 41.5. The molecule has 7 heteroatoms. The fraction of sp³-hybridized carbons (Fsp3) is 0.0500. The molecule has 1 aromatic heterocycles. The minimum absolute atomic E-state index is 0.0130. The zero-order valence-corrected chi connectivity index (χ0v) is 14.9. The summed E-state index contributed by atoms with van der Waals surface area (Å²) in [5, 5.41) is 0. The molecule has 1 heterocycles. The Morgan fingerprint density at radius 2 is 1.56 bits per heavy atom. The predicted octanol–water partition coefficient (Wildman–Crippen LogP) is 3.77. The molecule has 0 amide bonds. The van der Waals surface area contributed by atoms with Crippen molar-refractivity contribution >= 4 is 21.1 Å². The number of para-hydroxylation sites is 2. The number of H-pyrrole nitrogens is 1. The van der Waals surface area contributed by atoms with Crippen LogP contribution in [0.15, 0.2) is 83.8 Å². The van der Waals surface area contributed by atoms with E-state index in [0.29, 0.717) is 5.82 Å². The van der Waals surface area contributed by atoms with Crippen molar-refractivity contribution < 1.29 is 12.8 Å². The van der Waals surface area contributed by atoms with Crippen LogP contribution in [-0.4, -0.2) is 18.4 Å². The van der Waals surface area contributed by atoms with Crippen molar-refractivity contribution in [2.24, 2.45) is 0 Å². The Hall–Kier alpha value is -3.03. The SMILES string of the molecule is O=S(=O)(NC(c1ccccc1)c1nc2ccccc2[nH]1)c1ccc(F)cc1. The van der Waals surface area contributed by atoms with Gasteiger partial charge in [-0.05, 0) is 42.0 Å². The molecule has 1 atom stereocenters. The van der Waals surface area contributed by atoms with Gasteiger partial charge in [0.2, 0.25) is 10.0 Å². The lowest BCUT2D eigenvalue weighted by atomic mass is 10.1. The second kappa shape index (κ2) is 6.94. The summed E-state index contributed by atoms with van der Waals surface area (Å²) in [4.78, 5) is 7.71. The van der Waals surface area contributed by atoms with E-state index >= 15 is 0 Å². The van der Waals surface area contributed by atoms with Crippen LogP contribution in [0.4, 0.5) is 4.39 Å². The van der Waals surface area contributed by atoms with Crippen molar-refractivity contribution in [1.82, 2.24) is 14.7 Å². The molecule has 0 bridgehead atoms. The van der Waals surface area contributed by atoms with Crippen LogP contribution in [0, 0.1) is 5.82 Å². The molecule has 27 heavy (non-hydrogen) atoms. The lowest BCUT2D eigenvalue weighted by molar-refractivity contribution is 0.567. The van der Waals surface area contributed by atoms with Crippen LogP contribution in [0.25, 0.3) is 11.0 Å². The van der Waals surface area contributed by atoms with Gasteiger partial charge in [0.05, 0.1) is 15.9 Å². The Labute approximate surface area is 155 Å². The van der Waals surface area contributed by atoms with Gasteiger partial charge in [-0.15, -0.1) is 0 Å². The van der Waals surface area contributed by atoms with Gasteiger partial charge in [-0.25, -0.2) is 17.8 Å². The second-order valence-corrected chi connectivity index (χ2v) is 7.77. The topological polar surface area (TPSA) is 74.8 Å². The van der Waals surface area contributed by atoms with Crippen molar-refractivity contribution in [3.05, 3.63) is 96.1 Å². The molecular weight excluding hydrogens is 365 g/mol. The standard InChI is InChI=1S/C20H16FN3O2S/c21-15-10-12-16(13-11-15)27(25,26)24-19(14-6-2-1-3-7-14)20-22-17-8-4-5-9-18(17)23-20/h1-13,19,24H,(H,22,23). The zero-order valence-electron chi connectivity index (χ0n) is 14.1. The Bertz CT molecular complexity index is 1140. The molecule has 0 saturated carbocycles. The number of nitrogens with zero attached hydrogens (tertiary/aromatic N) is 1. The molecule has 0 fully saturated rings. The van der Waals surface area contributed by atoms with Crippen molar-refractivity contribution in [3.63, 3.8) is 0 Å². The number of halogens is 1. The minimum atomic E-state index is -3.89. The summed E-state index contributed by atoms with van der Waals surface area (Å²) >= 11 is 0. The third kappa shape index (κ3) is 3.60. The van der Waals surface area contributed by atoms with E-state index in [4.69, 9.17) is 0 Å². The predicted molar refractivity (Wildman–Crippen MR) is 101 cm³/mol. The van der Waals surface area contributed by atoms with Crippen LogP contribution in [-0.2, 0) is 10.0 Å². The quantitative estimate of drug-likeness (QED) is 0.553. The van der Waals surface area contributed by atoms with Crippen LogP contribution < -0.4 is 4.72 Å². The Kier molecular flexibility index (Phi) is 4.47. The molecular formula is C20H16FN3O2S. The number of fused-ring (bicyclic) bond motifs is 1. The van der Waals surface area contributed by atoms with E-state index in [1.165, 1.54) is 12.1 Å². The fourth-order valence-electron chi connectivity index (χ4n) is 2.87. The summed E-state index contributed by atoms with van der Waals surface area (Å²) in [6, 6.07) is 20.6. The number of rotatable bonds is 5. The van der Waals surface area contributed by atoms with Gasteiger partial charge in [-0.1, -0.05) is 42.5 Å². The molecule has 2 N–H and O–H groups in total. The van der Waals surface area contributed by atoms with Gasteiger partial charge in [0.25, 0.3) is 0 Å². The summed E-state index contributed by atoms with van der Waals surface area (Å²) in [5.41, 5.74) is 2.30. The number of benzene rings is 3. The number of hydrogen-bond donors (Lipinski definition) is 2. The Morgan fingerprint density at radius 1 is 0.889 bits per heavy atom. The summed E-state index contributed by atoms with van der Waals surface area (Å²) in [7, 11) is -3.89. The first-order valence-electron chi connectivity index (χ1n) is 8.30. The summed E-state index contributed by atoms with van der Waals surface area (Å²) in [5.74, 6) is -0.0149. The zero-order chi connectivity index (χ0) is 18.9. The van der Waals surface area contributed by atoms with E-state index in [-0.39, 0.29) is 4.90 Å². The first kappa shape index (κ1) is 17.4. The van der Waals surface area contributed by atoms with E-state index in [0.717, 1.165) is 28.7 Å². The van der Waals surface area contributed by atoms with Gasteiger partial charge >= 0.3 is 0 Å². The molecule has 0 spiro atoms. The number of imidazole rings is 1. The highest BCUT2D eigenvalue weighted by Crippen LogP contribution is 2.25. The van der Waals surface area contributed by atoms with Crippen LogP contribution in [0.3, 0.4) is 0 Å². The normalized spacial score (nSPS) is 12.9. The molecule has 5 nitrogen and oxygen atoms in total. The molecule has 0 saturated heterocycles. The Balaban J connectivity index is 1.78. The second-order valence-electron chi connectivity index (χ2n) is 6.06. The molecule has 0 aliphatic rings. The van der Waals surface area contributed by atoms with Crippen LogP contribution in [0.5, 0.6) is 0 Å². The number of sulfonamides is 1. The lowest BCUT2D eigenvalue weighted by Gasteiger charge is -2.17. The smallest absolute Gasteiger partial charge is 0.241 e. The molecule has 4 aromatic rings. The highest BCUT2D eigenvalue weighted by molar-refractivity contribution is 7.89. The largest absolute Gasteiger partial charge is 0.340 e. The summed E-state index contributed by atoms with van der Waals surface area (Å²) in [6.07, 6.45) is 0. The molecule has 4 rings (SSSR count). The van der Waals surface area contributed by atoms with Gasteiger partial charge < -0.3 is 4.98 Å². The first-order valence-corrected chi connectivity index (χ1v) is 9.79. The van der Waals surface area contributed by atoms with E-state index in [9.17, 15) is 12.8 Å². The molecule has 0 radical (unpaired) electrons. The fourth-order valence-corrected chi connectivity index (χ4v) is 4.06. The average molecular weight is 381 g/mol. The first-order chi connectivity index (χ1) is 13.0. The molecule has 0 aliphatic carbocycles. The van der Waals surface area contributed by atoms with Crippen LogP contribution in [0.1, 0.15) is 17.4 Å². The van der Waals surface area contributed by atoms with Gasteiger partial charge in [-0.3, -0.25) is 0 Å². The minimum Gasteiger partial charge on any atom is -0.340 e. The lowest BCUT2D eigenvalue weighted by Crippen LogP contribution is -2.30. The number of nitrogens with one attached hydrogen (secondary N) is 2. The number of aromatic amines is 1. The van der Waals surface area contributed by atoms with Gasteiger partial charge in [0.15, 0.2) is 0 Å². The van der Waals surface area contributed by atoms with E-state index in [1.54, 1.807) is 0 Å². The molecule has 136 valence electrons. The monoisotopic (exact) mass is 381 g/mol. The third-order valence-electron chi connectivity index (χ3n) is 4.21. The van der Waals surface area contributed by atoms with Crippen molar-refractivity contribution in [1.29, 1.82) is 0 Å². The number of aromatic nitrogens is 2. The van der Waals surface area contributed by atoms with E-state index in [1.807, 2.05) is 54.6 Å². The van der Waals surface area contributed by atoms with E-state index in [2.05, 4.69) is 14.7 Å². The maximum Gasteiger partial charge on any atom is 0.241 e. The average Bonchev–Trinajstić information content (AvgIpc) is 3.11. The van der Waals surface area contributed by atoms with Crippen molar-refractivity contribution in [2.75, 3.05) is 0 Å². The van der Waals surface area contributed by atoms with Crippen molar-refractivity contribution in [3.8, 4) is 0 Å². The highest BCUT2D eigenvalue weighted by Gasteiger charge is 2.25. The van der Waals surface area contributed by atoms with Gasteiger partial charge in [-0.2, -0.15) is 4.72 Å². The maximum absolute atomic E-state index is 13.2. The Morgan fingerprint density at radius 3 is 2.26 bits per heavy atom. The third-order valence-corrected chi connectivity index (χ3v) is 5.65. The van der Waals surface area contributed by atoms with Crippen LogP contribution >= 0.6 is 0 Å². The van der Waals surface area contributed by atoms with E-state index < -0.39 is 21.9 Å². The maximum atomic E-state index is 13.2. The van der Waals surface area contributed by atoms with Gasteiger partial charge in [0.1, 0.15) is 17.7 Å². The van der Waals surface area contributed by atoms with Crippen molar-refractivity contribution in [2.45, 2.75) is 10.9 Å². The summed E-state index contributed by atoms with van der Waals surface area (Å²) in [6.45, 7) is 0. The van der Waals surface area contributed by atoms with Gasteiger partial charge in [0, 0.05) is 0 Å². The molecule has 0 aliphatic heterocycles. The molecule has 3 aromatic carbocycles. The van der Waals surface area contributed by atoms with Crippen LogP contribution in [0.2, 0.25) is 0 Å². The highest BCUT2D eigenvalue weighted by atomic mass is 32.2. The molecule has 1 unspecified atom stereocenters.